The van der Waals surface area contributed by atoms with E-state index in [4.69, 9.17) is 0 Å². The summed E-state index contributed by atoms with van der Waals surface area (Å²) in [6, 6.07) is 7.01. The highest BCUT2D eigenvalue weighted by molar-refractivity contribution is 14.0. The van der Waals surface area contributed by atoms with Gasteiger partial charge in [0.25, 0.3) is 0 Å². The third kappa shape index (κ3) is 5.89. The standard InChI is InChI=1S/C16H26N4O2S.HI/c1-4-17-16(18-11-13-9-10-13)19-12-14-7-5-6-8-15(14)23(21,22)20(2)3;/h5-8,13H,4,9-12H2,1-3H3,(H2,17,18,19);1H. The molecule has 1 aromatic carbocycles. The number of sulfonamides is 1. The van der Waals surface area contributed by atoms with Crippen molar-refractivity contribution in [1.82, 2.24) is 14.9 Å². The summed E-state index contributed by atoms with van der Waals surface area (Å²) < 4.78 is 26.0. The maximum Gasteiger partial charge on any atom is 0.242 e. The van der Waals surface area contributed by atoms with E-state index in [0.717, 1.165) is 25.0 Å². The number of halogens is 1. The summed E-state index contributed by atoms with van der Waals surface area (Å²) in [4.78, 5) is 4.84. The predicted molar refractivity (Wildman–Crippen MR) is 108 cm³/mol. The molecule has 0 radical (unpaired) electrons. The second kappa shape index (κ2) is 9.57. The van der Waals surface area contributed by atoms with Crippen LogP contribution in [0.5, 0.6) is 0 Å². The zero-order chi connectivity index (χ0) is 16.9. The quantitative estimate of drug-likeness (QED) is 0.367. The maximum atomic E-state index is 12.4. The molecule has 0 unspecified atom stereocenters. The lowest BCUT2D eigenvalue weighted by Crippen LogP contribution is -2.38. The Bertz CT molecular complexity index is 658. The Balaban J connectivity index is 0.00000288. The molecule has 1 aliphatic carbocycles. The molecule has 8 heteroatoms. The summed E-state index contributed by atoms with van der Waals surface area (Å²) in [7, 11) is -0.384. The van der Waals surface area contributed by atoms with E-state index in [1.165, 1.54) is 31.2 Å². The molecule has 2 rings (SSSR count). The van der Waals surface area contributed by atoms with Gasteiger partial charge >= 0.3 is 0 Å². The van der Waals surface area contributed by atoms with Crippen molar-refractivity contribution in [2.45, 2.75) is 31.2 Å². The van der Waals surface area contributed by atoms with Crippen LogP contribution >= 0.6 is 24.0 Å². The van der Waals surface area contributed by atoms with E-state index in [1.807, 2.05) is 19.1 Å². The number of guanidine groups is 1. The van der Waals surface area contributed by atoms with Crippen LogP contribution in [0.2, 0.25) is 0 Å². The molecule has 1 fully saturated rings. The number of hydrogen-bond acceptors (Lipinski definition) is 3. The second-order valence-corrected chi connectivity index (χ2v) is 8.03. The average molecular weight is 466 g/mol. The molecule has 0 spiro atoms. The molecule has 1 saturated carbocycles. The Morgan fingerprint density at radius 1 is 1.25 bits per heavy atom. The SMILES string of the molecule is CCNC(=NCc1ccccc1S(=O)(=O)N(C)C)NCC1CC1.I. The lowest BCUT2D eigenvalue weighted by molar-refractivity contribution is 0.519. The van der Waals surface area contributed by atoms with Gasteiger partial charge in [-0.05, 0) is 37.3 Å². The average Bonchev–Trinajstić information content (AvgIpc) is 3.34. The lowest BCUT2D eigenvalue weighted by atomic mass is 10.2. The highest BCUT2D eigenvalue weighted by Gasteiger charge is 2.22. The van der Waals surface area contributed by atoms with Crippen LogP contribution in [0.3, 0.4) is 0 Å². The molecule has 0 saturated heterocycles. The molecule has 0 amide bonds. The summed E-state index contributed by atoms with van der Waals surface area (Å²) >= 11 is 0. The van der Waals surface area contributed by atoms with Gasteiger partial charge in [0.2, 0.25) is 10.0 Å². The largest absolute Gasteiger partial charge is 0.357 e. The van der Waals surface area contributed by atoms with Crippen molar-refractivity contribution in [2.24, 2.45) is 10.9 Å². The van der Waals surface area contributed by atoms with Crippen LogP contribution in [0.4, 0.5) is 0 Å². The number of rotatable bonds is 7. The first-order chi connectivity index (χ1) is 10.9. The lowest BCUT2D eigenvalue weighted by Gasteiger charge is -2.15. The van der Waals surface area contributed by atoms with Crippen LogP contribution in [0.15, 0.2) is 34.2 Å². The number of nitrogens with one attached hydrogen (secondary N) is 2. The molecule has 1 aliphatic rings. The van der Waals surface area contributed by atoms with Crippen molar-refractivity contribution in [1.29, 1.82) is 0 Å². The van der Waals surface area contributed by atoms with Crippen molar-refractivity contribution in [3.05, 3.63) is 29.8 Å². The second-order valence-electron chi connectivity index (χ2n) is 5.91. The van der Waals surface area contributed by atoms with Crippen LogP contribution in [0.25, 0.3) is 0 Å². The molecule has 1 aromatic rings. The molecular weight excluding hydrogens is 439 g/mol. The van der Waals surface area contributed by atoms with E-state index in [-0.39, 0.29) is 24.0 Å². The van der Waals surface area contributed by atoms with Crippen LogP contribution in [0.1, 0.15) is 25.3 Å². The van der Waals surface area contributed by atoms with Crippen LogP contribution in [-0.2, 0) is 16.6 Å². The first-order valence-electron chi connectivity index (χ1n) is 7.97. The van der Waals surface area contributed by atoms with E-state index in [2.05, 4.69) is 15.6 Å². The molecule has 136 valence electrons. The molecule has 0 bridgehead atoms. The third-order valence-electron chi connectivity index (χ3n) is 3.74. The first-order valence-corrected chi connectivity index (χ1v) is 9.41. The predicted octanol–water partition coefficient (Wildman–Crippen LogP) is 2.02. The third-order valence-corrected chi connectivity index (χ3v) is 5.65. The maximum absolute atomic E-state index is 12.4. The summed E-state index contributed by atoms with van der Waals surface area (Å²) in [5.74, 6) is 1.48. The fraction of sp³-hybridized carbons (Fsp3) is 0.562. The Morgan fingerprint density at radius 3 is 2.50 bits per heavy atom. The molecule has 2 N–H and O–H groups in total. The normalized spacial score (nSPS) is 15.1. The molecule has 6 nitrogen and oxygen atoms in total. The van der Waals surface area contributed by atoms with Gasteiger partial charge in [-0.25, -0.2) is 17.7 Å². The Labute approximate surface area is 162 Å². The van der Waals surface area contributed by atoms with Gasteiger partial charge in [-0.2, -0.15) is 0 Å². The summed E-state index contributed by atoms with van der Waals surface area (Å²) in [6.45, 7) is 4.03. The highest BCUT2D eigenvalue weighted by atomic mass is 127. The molecular formula is C16H27IN4O2S. The van der Waals surface area contributed by atoms with E-state index in [9.17, 15) is 8.42 Å². The van der Waals surface area contributed by atoms with Crippen molar-refractivity contribution >= 4 is 40.0 Å². The number of benzene rings is 1. The zero-order valence-electron chi connectivity index (χ0n) is 14.4. The molecule has 0 atom stereocenters. The fourth-order valence-corrected chi connectivity index (χ4v) is 3.26. The van der Waals surface area contributed by atoms with E-state index in [0.29, 0.717) is 17.0 Å². The molecule has 24 heavy (non-hydrogen) atoms. The van der Waals surface area contributed by atoms with Gasteiger partial charge in [0.15, 0.2) is 5.96 Å². The number of aliphatic imine (C=N–C) groups is 1. The van der Waals surface area contributed by atoms with Crippen molar-refractivity contribution in [3.63, 3.8) is 0 Å². The molecule has 0 aromatic heterocycles. The summed E-state index contributed by atoms with van der Waals surface area (Å²) in [6.07, 6.45) is 2.55. The number of nitrogens with zero attached hydrogens (tertiary/aromatic N) is 2. The van der Waals surface area contributed by atoms with Gasteiger partial charge in [0.05, 0.1) is 11.4 Å². The van der Waals surface area contributed by atoms with E-state index < -0.39 is 10.0 Å². The summed E-state index contributed by atoms with van der Waals surface area (Å²) in [5, 5.41) is 6.51. The molecule has 0 aliphatic heterocycles. The minimum absolute atomic E-state index is 0. The number of hydrogen-bond donors (Lipinski definition) is 2. The van der Waals surface area contributed by atoms with Crippen LogP contribution < -0.4 is 10.6 Å². The fourth-order valence-electron chi connectivity index (χ4n) is 2.15. The van der Waals surface area contributed by atoms with Gasteiger partial charge < -0.3 is 10.6 Å². The van der Waals surface area contributed by atoms with Gasteiger partial charge in [-0.15, -0.1) is 24.0 Å². The summed E-state index contributed by atoms with van der Waals surface area (Å²) in [5.41, 5.74) is 0.699. The highest BCUT2D eigenvalue weighted by Crippen LogP contribution is 2.27. The van der Waals surface area contributed by atoms with E-state index in [1.54, 1.807) is 12.1 Å². The van der Waals surface area contributed by atoms with Crippen LogP contribution in [0, 0.1) is 5.92 Å². The van der Waals surface area contributed by atoms with E-state index >= 15 is 0 Å². The Kier molecular flexibility index (Phi) is 8.44. The van der Waals surface area contributed by atoms with Crippen LogP contribution in [-0.4, -0.2) is 45.9 Å². The minimum Gasteiger partial charge on any atom is -0.357 e. The molecule has 0 heterocycles. The van der Waals surface area contributed by atoms with Crippen molar-refractivity contribution in [3.8, 4) is 0 Å². The smallest absolute Gasteiger partial charge is 0.242 e. The Hall–Kier alpha value is -0.870. The Morgan fingerprint density at radius 2 is 1.92 bits per heavy atom. The zero-order valence-corrected chi connectivity index (χ0v) is 17.6. The topological polar surface area (TPSA) is 73.8 Å². The van der Waals surface area contributed by atoms with Gasteiger partial charge in [-0.3, -0.25) is 0 Å². The van der Waals surface area contributed by atoms with Crippen molar-refractivity contribution < 1.29 is 8.42 Å². The van der Waals surface area contributed by atoms with Crippen molar-refractivity contribution in [2.75, 3.05) is 27.2 Å². The first kappa shape index (κ1) is 21.2. The van der Waals surface area contributed by atoms with Gasteiger partial charge in [-0.1, -0.05) is 18.2 Å². The minimum atomic E-state index is -3.46. The monoisotopic (exact) mass is 466 g/mol. The van der Waals surface area contributed by atoms with Gasteiger partial charge in [0.1, 0.15) is 0 Å². The van der Waals surface area contributed by atoms with Gasteiger partial charge in [0, 0.05) is 27.2 Å².